The predicted molar refractivity (Wildman–Crippen MR) is 52.3 cm³/mol. The molecule has 0 saturated carbocycles. The highest BCUT2D eigenvalue weighted by Gasteiger charge is 2.10. The average Bonchev–Trinajstić information content (AvgIpc) is 2.17. The SMILES string of the molecule is C=C(CCOC(=O)CC(=O)CC)C(=O)O. The number of hydrogen-bond donors (Lipinski definition) is 1. The molecule has 15 heavy (non-hydrogen) atoms. The van der Waals surface area contributed by atoms with Crippen LogP contribution in [-0.4, -0.2) is 29.4 Å². The van der Waals surface area contributed by atoms with Gasteiger partial charge in [-0.1, -0.05) is 13.5 Å². The van der Waals surface area contributed by atoms with Gasteiger partial charge < -0.3 is 9.84 Å². The third kappa shape index (κ3) is 6.42. The molecule has 0 atom stereocenters. The molecule has 0 aliphatic heterocycles. The van der Waals surface area contributed by atoms with Crippen LogP contribution >= 0.6 is 0 Å². The van der Waals surface area contributed by atoms with Crippen molar-refractivity contribution in [1.29, 1.82) is 0 Å². The molecular weight excluding hydrogens is 200 g/mol. The van der Waals surface area contributed by atoms with Crippen LogP contribution in [0.3, 0.4) is 0 Å². The van der Waals surface area contributed by atoms with Crippen molar-refractivity contribution < 1.29 is 24.2 Å². The van der Waals surface area contributed by atoms with E-state index < -0.39 is 11.9 Å². The maximum Gasteiger partial charge on any atom is 0.331 e. The van der Waals surface area contributed by atoms with E-state index in [1.54, 1.807) is 6.92 Å². The Morgan fingerprint density at radius 1 is 1.33 bits per heavy atom. The van der Waals surface area contributed by atoms with Crippen LogP contribution in [0.2, 0.25) is 0 Å². The Morgan fingerprint density at radius 3 is 2.40 bits per heavy atom. The highest BCUT2D eigenvalue weighted by Crippen LogP contribution is 2.00. The van der Waals surface area contributed by atoms with Crippen LogP contribution in [-0.2, 0) is 19.1 Å². The van der Waals surface area contributed by atoms with Crippen molar-refractivity contribution in [2.24, 2.45) is 0 Å². The monoisotopic (exact) mass is 214 g/mol. The average molecular weight is 214 g/mol. The number of esters is 1. The molecule has 0 rings (SSSR count). The molecule has 0 aromatic rings. The fourth-order valence-corrected chi connectivity index (χ4v) is 0.732. The molecule has 0 saturated heterocycles. The number of aliphatic carboxylic acids is 1. The van der Waals surface area contributed by atoms with E-state index in [1.165, 1.54) is 0 Å². The molecular formula is C10H14O5. The van der Waals surface area contributed by atoms with Gasteiger partial charge in [-0.05, 0) is 0 Å². The van der Waals surface area contributed by atoms with Crippen LogP contribution < -0.4 is 0 Å². The summed E-state index contributed by atoms with van der Waals surface area (Å²) >= 11 is 0. The van der Waals surface area contributed by atoms with E-state index in [2.05, 4.69) is 11.3 Å². The van der Waals surface area contributed by atoms with Crippen molar-refractivity contribution in [2.45, 2.75) is 26.2 Å². The molecule has 0 fully saturated rings. The summed E-state index contributed by atoms with van der Waals surface area (Å²) < 4.78 is 4.65. The highest BCUT2D eigenvalue weighted by molar-refractivity contribution is 5.95. The molecule has 0 radical (unpaired) electrons. The third-order valence-corrected chi connectivity index (χ3v) is 1.71. The minimum absolute atomic E-state index is 0.0235. The van der Waals surface area contributed by atoms with Gasteiger partial charge in [-0.25, -0.2) is 4.79 Å². The normalized spacial score (nSPS) is 9.40. The van der Waals surface area contributed by atoms with Crippen molar-refractivity contribution in [1.82, 2.24) is 0 Å². The Hall–Kier alpha value is -1.65. The Kier molecular flexibility index (Phi) is 6.01. The van der Waals surface area contributed by atoms with Crippen molar-refractivity contribution in [3.05, 3.63) is 12.2 Å². The summed E-state index contributed by atoms with van der Waals surface area (Å²) in [5.41, 5.74) is -0.0235. The zero-order valence-electron chi connectivity index (χ0n) is 8.62. The molecule has 0 unspecified atom stereocenters. The highest BCUT2D eigenvalue weighted by atomic mass is 16.5. The van der Waals surface area contributed by atoms with Crippen LogP contribution in [0.1, 0.15) is 26.2 Å². The van der Waals surface area contributed by atoms with E-state index in [4.69, 9.17) is 5.11 Å². The Labute approximate surface area is 87.7 Å². The van der Waals surface area contributed by atoms with Gasteiger partial charge in [0.2, 0.25) is 0 Å². The van der Waals surface area contributed by atoms with Gasteiger partial charge in [-0.15, -0.1) is 0 Å². The minimum Gasteiger partial charge on any atom is -0.478 e. The number of ether oxygens (including phenoxy) is 1. The lowest BCUT2D eigenvalue weighted by atomic mass is 10.2. The van der Waals surface area contributed by atoms with Crippen LogP contribution in [0, 0.1) is 0 Å². The summed E-state index contributed by atoms with van der Waals surface area (Å²) in [6, 6.07) is 0. The number of carbonyl (C=O) groups is 3. The molecule has 5 heteroatoms. The van der Waals surface area contributed by atoms with Crippen LogP contribution in [0.25, 0.3) is 0 Å². The summed E-state index contributed by atoms with van der Waals surface area (Å²) in [6.07, 6.45) is 0.106. The van der Waals surface area contributed by atoms with Gasteiger partial charge in [0.15, 0.2) is 0 Å². The number of carbonyl (C=O) groups excluding carboxylic acids is 2. The second-order valence-corrected chi connectivity index (χ2v) is 2.95. The fraction of sp³-hybridized carbons (Fsp3) is 0.500. The van der Waals surface area contributed by atoms with Gasteiger partial charge >= 0.3 is 11.9 Å². The van der Waals surface area contributed by atoms with Crippen LogP contribution in [0.5, 0.6) is 0 Å². The summed E-state index contributed by atoms with van der Waals surface area (Å²) in [5.74, 6) is -1.94. The maximum atomic E-state index is 10.9. The zero-order valence-corrected chi connectivity index (χ0v) is 8.62. The first-order chi connectivity index (χ1) is 6.97. The fourth-order valence-electron chi connectivity index (χ4n) is 0.732. The second kappa shape index (κ2) is 6.75. The summed E-state index contributed by atoms with van der Waals surface area (Å²) in [7, 11) is 0. The molecule has 0 amide bonds. The van der Waals surface area contributed by atoms with Crippen LogP contribution in [0.4, 0.5) is 0 Å². The number of carboxylic acid groups (broad SMARTS) is 1. The van der Waals surface area contributed by atoms with E-state index >= 15 is 0 Å². The number of ketones is 1. The number of carboxylic acids is 1. The molecule has 0 aromatic carbocycles. The van der Waals surface area contributed by atoms with Gasteiger partial charge in [0, 0.05) is 18.4 Å². The van der Waals surface area contributed by atoms with Gasteiger partial charge in [0.05, 0.1) is 6.61 Å². The lowest BCUT2D eigenvalue weighted by molar-refractivity contribution is -0.146. The predicted octanol–water partition coefficient (Wildman–Crippen LogP) is 0.930. The van der Waals surface area contributed by atoms with Crippen molar-refractivity contribution in [3.63, 3.8) is 0 Å². The Morgan fingerprint density at radius 2 is 1.93 bits per heavy atom. The van der Waals surface area contributed by atoms with E-state index in [-0.39, 0.29) is 37.2 Å². The Bertz CT molecular complexity index is 280. The molecule has 84 valence electrons. The maximum absolute atomic E-state index is 10.9. The molecule has 5 nitrogen and oxygen atoms in total. The first kappa shape index (κ1) is 13.4. The second-order valence-electron chi connectivity index (χ2n) is 2.95. The zero-order chi connectivity index (χ0) is 11.8. The molecule has 0 bridgehead atoms. The Balaban J connectivity index is 3.69. The number of Topliss-reactive ketones (excluding diaryl/α,β-unsaturated/α-hetero) is 1. The number of rotatable bonds is 7. The summed E-state index contributed by atoms with van der Waals surface area (Å²) in [6.45, 7) is 4.87. The quantitative estimate of drug-likeness (QED) is 0.387. The van der Waals surface area contributed by atoms with Crippen molar-refractivity contribution in [3.8, 4) is 0 Å². The summed E-state index contributed by atoms with van der Waals surface area (Å²) in [5, 5.41) is 8.44. The van der Waals surface area contributed by atoms with Crippen LogP contribution in [0.15, 0.2) is 12.2 Å². The standard InChI is InChI=1S/C10H14O5/c1-3-8(11)6-9(12)15-5-4-7(2)10(13)14/h2-6H2,1H3,(H,13,14). The lowest BCUT2D eigenvalue weighted by Crippen LogP contribution is -2.12. The van der Waals surface area contributed by atoms with Gasteiger partial charge in [0.25, 0.3) is 0 Å². The van der Waals surface area contributed by atoms with Gasteiger partial charge in [-0.3, -0.25) is 9.59 Å². The van der Waals surface area contributed by atoms with E-state index in [0.717, 1.165) is 0 Å². The lowest BCUT2D eigenvalue weighted by Gasteiger charge is -2.03. The van der Waals surface area contributed by atoms with Crippen molar-refractivity contribution in [2.75, 3.05) is 6.61 Å². The molecule has 1 N–H and O–H groups in total. The molecule has 0 aliphatic rings. The van der Waals surface area contributed by atoms with Crippen molar-refractivity contribution >= 4 is 17.7 Å². The minimum atomic E-state index is -1.12. The van der Waals surface area contributed by atoms with E-state index in [0.29, 0.717) is 0 Å². The van der Waals surface area contributed by atoms with E-state index in [9.17, 15) is 14.4 Å². The molecule has 0 aliphatic carbocycles. The first-order valence-corrected chi connectivity index (χ1v) is 4.55. The number of hydrogen-bond acceptors (Lipinski definition) is 4. The summed E-state index contributed by atoms with van der Waals surface area (Å²) in [4.78, 5) is 32.1. The largest absolute Gasteiger partial charge is 0.478 e. The van der Waals surface area contributed by atoms with E-state index in [1.807, 2.05) is 0 Å². The molecule has 0 spiro atoms. The van der Waals surface area contributed by atoms with Gasteiger partial charge in [0.1, 0.15) is 12.2 Å². The smallest absolute Gasteiger partial charge is 0.331 e. The third-order valence-electron chi connectivity index (χ3n) is 1.71. The first-order valence-electron chi connectivity index (χ1n) is 4.55. The topological polar surface area (TPSA) is 80.7 Å². The molecule has 0 aromatic heterocycles. The van der Waals surface area contributed by atoms with Gasteiger partial charge in [-0.2, -0.15) is 0 Å². The molecule has 0 heterocycles.